The zero-order valence-corrected chi connectivity index (χ0v) is 22.0. The second-order valence-electron chi connectivity index (χ2n) is 9.94. The van der Waals surface area contributed by atoms with Crippen LogP contribution in [0.15, 0.2) is 30.5 Å². The van der Waals surface area contributed by atoms with Crippen LogP contribution in [0.2, 0.25) is 5.02 Å². The molecule has 5 rings (SSSR count). The number of fused-ring (bicyclic) bond motifs is 1. The molecule has 1 amide bonds. The molecule has 37 heavy (non-hydrogen) atoms. The van der Waals surface area contributed by atoms with Crippen LogP contribution in [0, 0.1) is 5.92 Å². The fourth-order valence-corrected chi connectivity index (χ4v) is 5.50. The third-order valence-corrected chi connectivity index (χ3v) is 7.47. The Labute approximate surface area is 221 Å². The van der Waals surface area contributed by atoms with E-state index in [-0.39, 0.29) is 24.3 Å². The van der Waals surface area contributed by atoms with Crippen molar-refractivity contribution in [1.82, 2.24) is 24.8 Å². The highest BCUT2D eigenvalue weighted by Crippen LogP contribution is 2.37. The lowest BCUT2D eigenvalue weighted by atomic mass is 9.86. The van der Waals surface area contributed by atoms with E-state index in [4.69, 9.17) is 31.0 Å². The molecule has 2 atom stereocenters. The van der Waals surface area contributed by atoms with E-state index in [2.05, 4.69) is 32.4 Å². The van der Waals surface area contributed by atoms with Gasteiger partial charge in [-0.1, -0.05) is 17.7 Å². The number of hydrogen-bond donors (Lipinski definition) is 3. The molecule has 3 aromatic rings. The Morgan fingerprint density at radius 2 is 2.05 bits per heavy atom. The number of benzene rings is 1. The van der Waals surface area contributed by atoms with Gasteiger partial charge in [-0.3, -0.25) is 4.57 Å². The Hall–Kier alpha value is -3.11. The maximum atomic E-state index is 11.5. The van der Waals surface area contributed by atoms with Gasteiger partial charge >= 0.3 is 6.09 Å². The smallest absolute Gasteiger partial charge is 0.406 e. The van der Waals surface area contributed by atoms with E-state index in [0.717, 1.165) is 67.9 Å². The minimum absolute atomic E-state index is 0.215. The Kier molecular flexibility index (Phi) is 7.95. The molecular formula is C26H34ClN7O3. The van der Waals surface area contributed by atoms with Crippen LogP contribution in [0.4, 0.5) is 22.4 Å². The fraction of sp³-hybridized carbons (Fsp3) is 0.538. The molecule has 1 aliphatic heterocycles. The van der Waals surface area contributed by atoms with Crippen molar-refractivity contribution in [3.05, 3.63) is 35.5 Å². The molecule has 10 nitrogen and oxygen atoms in total. The van der Waals surface area contributed by atoms with Gasteiger partial charge in [-0.25, -0.2) is 14.8 Å². The number of alkyl carbamates (subject to hydrolysis) is 1. The van der Waals surface area contributed by atoms with Crippen LogP contribution >= 0.6 is 11.6 Å². The van der Waals surface area contributed by atoms with Crippen LogP contribution in [0.5, 0.6) is 0 Å². The van der Waals surface area contributed by atoms with E-state index < -0.39 is 0 Å². The topological polar surface area (TPSA) is 115 Å². The summed E-state index contributed by atoms with van der Waals surface area (Å²) < 4.78 is 12.6. The Morgan fingerprint density at radius 1 is 1.22 bits per heavy atom. The standard InChI is InChI=1S/C26H34ClN7O3/c1-16-12-20(10-11-37-16)30-24-28-15-22-23(33-24)34(25(32-22)31-19-5-3-4-18(27)13-19)21-8-6-17(7-9-21)14-29-26(35)36-2/h3-5,13,15-17,20-21H,6-12,14H2,1-2H3,(H,29,35)(H,31,32)(H,28,30,33)/t16-,17?,20-,21?/m0/s1. The molecule has 0 radical (unpaired) electrons. The van der Waals surface area contributed by atoms with Crippen LogP contribution in [-0.4, -0.2) is 58.0 Å². The first-order chi connectivity index (χ1) is 18.0. The Balaban J connectivity index is 1.40. The lowest BCUT2D eigenvalue weighted by Gasteiger charge is -2.30. The van der Waals surface area contributed by atoms with Gasteiger partial charge in [0.15, 0.2) is 5.65 Å². The summed E-state index contributed by atoms with van der Waals surface area (Å²) in [5.41, 5.74) is 2.41. The van der Waals surface area contributed by atoms with Crippen LogP contribution in [0.25, 0.3) is 11.2 Å². The summed E-state index contributed by atoms with van der Waals surface area (Å²) >= 11 is 6.23. The van der Waals surface area contributed by atoms with Gasteiger partial charge in [-0.05, 0) is 69.6 Å². The highest BCUT2D eigenvalue weighted by atomic mass is 35.5. The number of rotatable bonds is 7. The summed E-state index contributed by atoms with van der Waals surface area (Å²) in [5.74, 6) is 1.74. The SMILES string of the molecule is COC(=O)NCC1CCC(n2c(Nc3cccc(Cl)c3)nc3cnc(N[C@H]4CCO[C@@H](C)C4)nc32)CC1. The predicted molar refractivity (Wildman–Crippen MR) is 144 cm³/mol. The highest BCUT2D eigenvalue weighted by molar-refractivity contribution is 6.30. The number of nitrogens with one attached hydrogen (secondary N) is 3. The number of amides is 1. The number of halogens is 1. The number of ether oxygens (including phenoxy) is 2. The molecule has 1 aromatic carbocycles. The monoisotopic (exact) mass is 527 g/mol. The molecule has 1 saturated heterocycles. The third-order valence-electron chi connectivity index (χ3n) is 7.23. The summed E-state index contributed by atoms with van der Waals surface area (Å²) in [7, 11) is 1.39. The van der Waals surface area contributed by atoms with Crippen molar-refractivity contribution in [2.24, 2.45) is 5.92 Å². The average Bonchev–Trinajstić information content (AvgIpc) is 3.24. The van der Waals surface area contributed by atoms with Crippen LogP contribution < -0.4 is 16.0 Å². The number of imidazole rings is 1. The van der Waals surface area contributed by atoms with E-state index >= 15 is 0 Å². The second kappa shape index (κ2) is 11.5. The number of hydrogen-bond acceptors (Lipinski definition) is 8. The highest BCUT2D eigenvalue weighted by Gasteiger charge is 2.28. The molecule has 0 unspecified atom stereocenters. The molecule has 2 aliphatic rings. The van der Waals surface area contributed by atoms with Crippen molar-refractivity contribution in [2.45, 2.75) is 63.6 Å². The fourth-order valence-electron chi connectivity index (χ4n) is 5.31. The summed E-state index contributed by atoms with van der Waals surface area (Å²) in [6.45, 7) is 3.45. The number of methoxy groups -OCH3 is 1. The molecular weight excluding hydrogens is 494 g/mol. The maximum absolute atomic E-state index is 11.5. The summed E-state index contributed by atoms with van der Waals surface area (Å²) in [6.07, 6.45) is 7.36. The molecule has 11 heteroatoms. The van der Waals surface area contributed by atoms with E-state index in [0.29, 0.717) is 23.4 Å². The molecule has 1 aliphatic carbocycles. The van der Waals surface area contributed by atoms with Gasteiger partial charge in [0, 0.05) is 35.9 Å². The quantitative estimate of drug-likeness (QED) is 0.379. The first kappa shape index (κ1) is 25.5. The molecule has 1 saturated carbocycles. The van der Waals surface area contributed by atoms with Gasteiger partial charge in [-0.15, -0.1) is 0 Å². The second-order valence-corrected chi connectivity index (χ2v) is 10.4. The van der Waals surface area contributed by atoms with Gasteiger partial charge in [0.25, 0.3) is 0 Å². The molecule has 198 valence electrons. The van der Waals surface area contributed by atoms with Gasteiger partial charge in [0.1, 0.15) is 5.52 Å². The zero-order chi connectivity index (χ0) is 25.8. The molecule has 2 fully saturated rings. The van der Waals surface area contributed by atoms with Gasteiger partial charge in [-0.2, -0.15) is 4.98 Å². The van der Waals surface area contributed by atoms with Gasteiger partial charge < -0.3 is 25.4 Å². The Morgan fingerprint density at radius 3 is 2.81 bits per heavy atom. The largest absolute Gasteiger partial charge is 0.453 e. The van der Waals surface area contributed by atoms with Crippen molar-refractivity contribution in [2.75, 3.05) is 30.9 Å². The zero-order valence-electron chi connectivity index (χ0n) is 21.2. The van der Waals surface area contributed by atoms with Crippen molar-refractivity contribution in [3.63, 3.8) is 0 Å². The molecule has 3 heterocycles. The minimum Gasteiger partial charge on any atom is -0.453 e. The number of carbonyl (C=O) groups is 1. The normalized spacial score (nSPS) is 24.0. The molecule has 2 aromatic heterocycles. The van der Waals surface area contributed by atoms with E-state index in [1.54, 1.807) is 6.20 Å². The number of anilines is 3. The van der Waals surface area contributed by atoms with Crippen LogP contribution in [0.3, 0.4) is 0 Å². The van der Waals surface area contributed by atoms with Gasteiger partial charge in [0.05, 0.1) is 19.4 Å². The maximum Gasteiger partial charge on any atom is 0.406 e. The molecule has 0 bridgehead atoms. The Bertz CT molecular complexity index is 1230. The number of nitrogens with zero attached hydrogens (tertiary/aromatic N) is 4. The lowest BCUT2D eigenvalue weighted by molar-refractivity contribution is 0.0231. The molecule has 0 spiro atoms. The van der Waals surface area contributed by atoms with Crippen molar-refractivity contribution < 1.29 is 14.3 Å². The summed E-state index contributed by atoms with van der Waals surface area (Å²) in [6, 6.07) is 8.10. The summed E-state index contributed by atoms with van der Waals surface area (Å²) in [5, 5.41) is 10.5. The first-order valence-electron chi connectivity index (χ1n) is 13.0. The average molecular weight is 528 g/mol. The van der Waals surface area contributed by atoms with Crippen LogP contribution in [-0.2, 0) is 9.47 Å². The van der Waals surface area contributed by atoms with E-state index in [9.17, 15) is 4.79 Å². The number of carbonyl (C=O) groups excluding carboxylic acids is 1. The van der Waals surface area contributed by atoms with E-state index in [1.165, 1.54) is 7.11 Å². The van der Waals surface area contributed by atoms with Crippen LogP contribution in [0.1, 0.15) is 51.5 Å². The van der Waals surface area contributed by atoms with Crippen molar-refractivity contribution >= 4 is 46.4 Å². The molecule has 3 N–H and O–H groups in total. The number of aromatic nitrogens is 4. The van der Waals surface area contributed by atoms with E-state index in [1.807, 2.05) is 24.3 Å². The predicted octanol–water partition coefficient (Wildman–Crippen LogP) is 5.29. The third kappa shape index (κ3) is 6.24. The van der Waals surface area contributed by atoms with Crippen molar-refractivity contribution in [3.8, 4) is 0 Å². The van der Waals surface area contributed by atoms with Gasteiger partial charge in [0.2, 0.25) is 11.9 Å². The first-order valence-corrected chi connectivity index (χ1v) is 13.3. The lowest BCUT2D eigenvalue weighted by Crippen LogP contribution is -2.33. The summed E-state index contributed by atoms with van der Waals surface area (Å²) in [4.78, 5) is 25.9. The van der Waals surface area contributed by atoms with Crippen molar-refractivity contribution in [1.29, 1.82) is 0 Å². The minimum atomic E-state index is -0.383.